The molecule has 0 bridgehead atoms. The van der Waals surface area contributed by atoms with Gasteiger partial charge in [0.05, 0.1) is 23.8 Å². The van der Waals surface area contributed by atoms with Crippen molar-refractivity contribution in [2.24, 2.45) is 0 Å². The average molecular weight is 439 g/mol. The molecule has 2 aromatic carbocycles. The fraction of sp³-hybridized carbons (Fsp3) is 0.190. The fourth-order valence-corrected chi connectivity index (χ4v) is 4.29. The van der Waals surface area contributed by atoms with Gasteiger partial charge in [0.15, 0.2) is 5.37 Å². The number of methoxy groups -OCH3 is 1. The molecule has 10 heteroatoms. The normalized spacial score (nSPS) is 17.9. The highest BCUT2D eigenvalue weighted by Gasteiger charge is 2.41. The summed E-state index contributed by atoms with van der Waals surface area (Å²) in [7, 11) is 1.28. The molecule has 1 N–H and O–H groups in total. The molecule has 9 nitrogen and oxygen atoms in total. The van der Waals surface area contributed by atoms with Gasteiger partial charge in [0.2, 0.25) is 0 Å². The summed E-state index contributed by atoms with van der Waals surface area (Å²) in [5.74, 6) is -1.82. The maximum Gasteiger partial charge on any atom is 0.337 e. The van der Waals surface area contributed by atoms with Gasteiger partial charge in [-0.1, -0.05) is 12.1 Å². The summed E-state index contributed by atoms with van der Waals surface area (Å²) in [6, 6.07) is 12.8. The van der Waals surface area contributed by atoms with Crippen LogP contribution in [0.3, 0.4) is 0 Å². The van der Waals surface area contributed by atoms with Crippen LogP contribution in [-0.2, 0) is 9.53 Å². The van der Waals surface area contributed by atoms with Crippen molar-refractivity contribution < 1.29 is 28.7 Å². The molecule has 1 fully saturated rings. The smallest absolute Gasteiger partial charge is 0.337 e. The lowest BCUT2D eigenvalue weighted by atomic mass is 10.1. The van der Waals surface area contributed by atoms with Crippen LogP contribution in [0.4, 0.5) is 10.5 Å². The topological polar surface area (TPSA) is 113 Å². The maximum atomic E-state index is 12.7. The van der Waals surface area contributed by atoms with Crippen LogP contribution in [0, 0.1) is 0 Å². The minimum Gasteiger partial charge on any atom is -0.465 e. The van der Waals surface area contributed by atoms with Gasteiger partial charge in [-0.25, -0.2) is 4.79 Å². The number of hydrogen-bond donors (Lipinski definition) is 1. The van der Waals surface area contributed by atoms with Crippen LogP contribution in [0.25, 0.3) is 0 Å². The lowest BCUT2D eigenvalue weighted by Crippen LogP contribution is -2.41. The van der Waals surface area contributed by atoms with E-state index < -0.39 is 34.3 Å². The summed E-state index contributed by atoms with van der Waals surface area (Å²) in [5, 5.41) is 1.63. The van der Waals surface area contributed by atoms with Gasteiger partial charge in [0.25, 0.3) is 23.0 Å². The largest absolute Gasteiger partial charge is 0.465 e. The van der Waals surface area contributed by atoms with Crippen LogP contribution in [0.1, 0.15) is 31.1 Å². The third-order valence-electron chi connectivity index (χ3n) is 4.96. The Morgan fingerprint density at radius 2 is 1.52 bits per heavy atom. The van der Waals surface area contributed by atoms with Crippen LogP contribution < -0.4 is 5.32 Å². The first-order valence-corrected chi connectivity index (χ1v) is 10.2. The number of thioether (sulfide) groups is 1. The standard InChI is InChI=1S/C21H17N3O6S/c1-30-20(28)12-6-8-13(9-7-12)22-16-19(27)24(21(29)31-16)11-10-23-17(25)14-4-2-3-5-15(14)18(23)26/h2-9,16,22H,10-11H2,1H3/t16-/m1/s1. The van der Waals surface area contributed by atoms with Gasteiger partial charge < -0.3 is 10.1 Å². The number of anilines is 1. The zero-order chi connectivity index (χ0) is 22.1. The molecule has 0 aromatic heterocycles. The number of amides is 4. The van der Waals surface area contributed by atoms with E-state index in [1.165, 1.54) is 7.11 Å². The summed E-state index contributed by atoms with van der Waals surface area (Å²) in [6.07, 6.45) is 0. The highest BCUT2D eigenvalue weighted by Crippen LogP contribution is 2.29. The van der Waals surface area contributed by atoms with Gasteiger partial charge in [0.1, 0.15) is 0 Å². The SMILES string of the molecule is COC(=O)c1ccc(N[C@@H]2SC(=O)N(CCN3C(=O)c4ccccc4C3=O)C2=O)cc1. The van der Waals surface area contributed by atoms with Crippen molar-refractivity contribution in [1.29, 1.82) is 0 Å². The second-order valence-electron chi connectivity index (χ2n) is 6.77. The Kier molecular flexibility index (Phi) is 5.47. The average Bonchev–Trinajstić information content (AvgIpc) is 3.19. The number of ether oxygens (including phenoxy) is 1. The Hall–Kier alpha value is -3.66. The van der Waals surface area contributed by atoms with Gasteiger partial charge >= 0.3 is 5.97 Å². The number of carbonyl (C=O) groups is 5. The van der Waals surface area contributed by atoms with E-state index in [0.717, 1.165) is 21.6 Å². The van der Waals surface area contributed by atoms with Crippen LogP contribution in [0.2, 0.25) is 0 Å². The molecule has 4 amide bonds. The summed E-state index contributed by atoms with van der Waals surface area (Å²) in [5.41, 5.74) is 1.54. The van der Waals surface area contributed by atoms with Crippen molar-refractivity contribution in [3.63, 3.8) is 0 Å². The molecule has 1 saturated heterocycles. The molecule has 2 aliphatic heterocycles. The van der Waals surface area contributed by atoms with Crippen molar-refractivity contribution in [2.75, 3.05) is 25.5 Å². The Morgan fingerprint density at radius 3 is 2.10 bits per heavy atom. The zero-order valence-electron chi connectivity index (χ0n) is 16.4. The third-order valence-corrected chi connectivity index (χ3v) is 5.94. The molecule has 2 aliphatic rings. The van der Waals surface area contributed by atoms with E-state index in [0.29, 0.717) is 22.4 Å². The monoisotopic (exact) mass is 439 g/mol. The summed E-state index contributed by atoms with van der Waals surface area (Å²) in [4.78, 5) is 63.5. The van der Waals surface area contributed by atoms with Crippen LogP contribution >= 0.6 is 11.8 Å². The number of imide groups is 2. The van der Waals surface area contributed by atoms with E-state index in [1.807, 2.05) is 0 Å². The quantitative estimate of drug-likeness (QED) is 0.538. The van der Waals surface area contributed by atoms with E-state index in [-0.39, 0.29) is 13.1 Å². The summed E-state index contributed by atoms with van der Waals surface area (Å²) >= 11 is 0.809. The first kappa shape index (κ1) is 20.6. The van der Waals surface area contributed by atoms with E-state index in [1.54, 1.807) is 48.5 Å². The molecule has 2 heterocycles. The van der Waals surface area contributed by atoms with E-state index >= 15 is 0 Å². The van der Waals surface area contributed by atoms with Gasteiger partial charge in [-0.2, -0.15) is 0 Å². The minimum atomic E-state index is -0.848. The van der Waals surface area contributed by atoms with Gasteiger partial charge in [0, 0.05) is 18.8 Å². The molecule has 1 atom stereocenters. The van der Waals surface area contributed by atoms with Crippen LogP contribution in [-0.4, -0.2) is 64.3 Å². The zero-order valence-corrected chi connectivity index (χ0v) is 17.2. The lowest BCUT2D eigenvalue weighted by Gasteiger charge is -2.19. The number of benzene rings is 2. The predicted octanol–water partition coefficient (Wildman–Crippen LogP) is 2.20. The van der Waals surface area contributed by atoms with Crippen LogP contribution in [0.5, 0.6) is 0 Å². The number of nitrogens with one attached hydrogen (secondary N) is 1. The van der Waals surface area contributed by atoms with Crippen molar-refractivity contribution in [3.05, 3.63) is 65.2 Å². The highest BCUT2D eigenvalue weighted by atomic mass is 32.2. The van der Waals surface area contributed by atoms with E-state index in [9.17, 15) is 24.0 Å². The molecule has 0 spiro atoms. The molecule has 158 valence electrons. The summed E-state index contributed by atoms with van der Waals surface area (Å²) in [6.45, 7) is -0.166. The second kappa shape index (κ2) is 8.23. The number of rotatable bonds is 6. The van der Waals surface area contributed by atoms with Gasteiger partial charge in [-0.15, -0.1) is 0 Å². The lowest BCUT2D eigenvalue weighted by molar-refractivity contribution is -0.126. The Bertz CT molecular complexity index is 1070. The maximum absolute atomic E-state index is 12.7. The van der Waals surface area contributed by atoms with Crippen molar-refractivity contribution in [2.45, 2.75) is 5.37 Å². The first-order valence-electron chi connectivity index (χ1n) is 9.33. The molecule has 0 saturated carbocycles. The Labute approximate surface area is 181 Å². The molecule has 0 unspecified atom stereocenters. The number of carbonyl (C=O) groups excluding carboxylic acids is 5. The number of fused-ring (bicyclic) bond motifs is 1. The minimum absolute atomic E-state index is 0.0784. The van der Waals surface area contributed by atoms with Gasteiger partial charge in [-0.3, -0.25) is 29.0 Å². The van der Waals surface area contributed by atoms with Crippen LogP contribution in [0.15, 0.2) is 48.5 Å². The molecule has 0 aliphatic carbocycles. The van der Waals surface area contributed by atoms with Crippen molar-refractivity contribution in [1.82, 2.24) is 9.80 Å². The molecule has 2 aromatic rings. The molecule has 0 radical (unpaired) electrons. The van der Waals surface area contributed by atoms with E-state index in [2.05, 4.69) is 10.1 Å². The molecular formula is C21H17N3O6S. The molecular weight excluding hydrogens is 422 g/mol. The predicted molar refractivity (Wildman–Crippen MR) is 112 cm³/mol. The first-order chi connectivity index (χ1) is 14.9. The van der Waals surface area contributed by atoms with Crippen molar-refractivity contribution >= 4 is 46.4 Å². The molecule has 31 heavy (non-hydrogen) atoms. The Morgan fingerprint density at radius 1 is 0.935 bits per heavy atom. The number of esters is 1. The van der Waals surface area contributed by atoms with Gasteiger partial charge in [-0.05, 0) is 48.2 Å². The third kappa shape index (κ3) is 3.77. The summed E-state index contributed by atoms with van der Waals surface area (Å²) < 4.78 is 4.64. The fourth-order valence-electron chi connectivity index (χ4n) is 3.35. The van der Waals surface area contributed by atoms with E-state index in [4.69, 9.17) is 0 Å². The number of hydrogen-bond acceptors (Lipinski definition) is 8. The molecule has 4 rings (SSSR count). The van der Waals surface area contributed by atoms with Crippen molar-refractivity contribution in [3.8, 4) is 0 Å². The Balaban J connectivity index is 1.38. The highest BCUT2D eigenvalue weighted by molar-refractivity contribution is 8.15. The number of nitrogens with zero attached hydrogens (tertiary/aromatic N) is 2. The second-order valence-corrected chi connectivity index (χ2v) is 7.83.